The van der Waals surface area contributed by atoms with Crippen molar-refractivity contribution in [2.24, 2.45) is 5.92 Å². The van der Waals surface area contributed by atoms with Crippen LogP contribution in [-0.4, -0.2) is 40.9 Å². The van der Waals surface area contributed by atoms with E-state index in [-0.39, 0.29) is 36.5 Å². The lowest BCUT2D eigenvalue weighted by atomic mass is 10.1. The van der Waals surface area contributed by atoms with E-state index in [1.54, 1.807) is 12.1 Å². The van der Waals surface area contributed by atoms with Gasteiger partial charge in [-0.05, 0) is 18.4 Å². The highest BCUT2D eigenvalue weighted by Gasteiger charge is 2.39. The Morgan fingerprint density at radius 3 is 2.61 bits per heavy atom. The number of nitrogens with zero attached hydrogens (tertiary/aromatic N) is 2. The second kappa shape index (κ2) is 6.36. The monoisotopic (exact) mass is 318 g/mol. The molecule has 0 spiro atoms. The van der Waals surface area contributed by atoms with Crippen molar-refractivity contribution in [3.8, 4) is 0 Å². The van der Waals surface area contributed by atoms with Crippen LogP contribution < -0.4 is 0 Å². The normalized spacial score (nSPS) is 20.6. The van der Waals surface area contributed by atoms with Crippen molar-refractivity contribution in [1.29, 1.82) is 0 Å². The minimum Gasteiger partial charge on any atom is -0.465 e. The first-order chi connectivity index (χ1) is 11.0. The second-order valence-electron chi connectivity index (χ2n) is 6.13. The first-order valence-electron chi connectivity index (χ1n) is 7.71. The number of likely N-dealkylation sites (tertiary alicyclic amines) is 1. The Morgan fingerprint density at radius 1 is 1.30 bits per heavy atom. The van der Waals surface area contributed by atoms with E-state index in [1.165, 1.54) is 12.1 Å². The first-order valence-corrected chi connectivity index (χ1v) is 7.71. The van der Waals surface area contributed by atoms with Gasteiger partial charge in [-0.25, -0.2) is 0 Å². The number of hydrogen-bond donors (Lipinski definition) is 0. The topological polar surface area (TPSA) is 89.7 Å². The van der Waals surface area contributed by atoms with Crippen molar-refractivity contribution in [1.82, 2.24) is 4.90 Å². The number of carbonyl (C=O) groups excluding carboxylic acids is 2. The SMILES string of the molecule is O=C(Cc1ccc([N+](=O)[O-])cc1)OCC1CC(=O)N(C2CC2)C1. The summed E-state index contributed by atoms with van der Waals surface area (Å²) in [5.74, 6) is -0.149. The Kier molecular flexibility index (Phi) is 4.27. The number of benzene rings is 1. The van der Waals surface area contributed by atoms with Crippen molar-refractivity contribution in [2.75, 3.05) is 13.2 Å². The number of nitro benzene ring substituents is 1. The summed E-state index contributed by atoms with van der Waals surface area (Å²) in [5.41, 5.74) is 0.662. The van der Waals surface area contributed by atoms with E-state index in [0.29, 0.717) is 24.6 Å². The van der Waals surface area contributed by atoms with Crippen LogP contribution in [0.25, 0.3) is 0 Å². The summed E-state index contributed by atoms with van der Waals surface area (Å²) in [6.07, 6.45) is 2.68. The fourth-order valence-electron chi connectivity index (χ4n) is 2.82. The van der Waals surface area contributed by atoms with Crippen LogP contribution >= 0.6 is 0 Å². The number of ether oxygens (including phenoxy) is 1. The van der Waals surface area contributed by atoms with Gasteiger partial charge in [0.1, 0.15) is 0 Å². The summed E-state index contributed by atoms with van der Waals surface area (Å²) in [5, 5.41) is 10.6. The summed E-state index contributed by atoms with van der Waals surface area (Å²) in [7, 11) is 0. The standard InChI is InChI=1S/C16H18N2O5/c19-15-7-12(9-17(15)13-5-6-13)10-23-16(20)8-11-1-3-14(4-2-11)18(21)22/h1-4,12-13H,5-10H2. The first kappa shape index (κ1) is 15.5. The average Bonchev–Trinajstić information content (AvgIpc) is 3.29. The summed E-state index contributed by atoms with van der Waals surface area (Å²) in [6.45, 7) is 0.926. The maximum atomic E-state index is 11.8. The molecule has 1 aromatic carbocycles. The van der Waals surface area contributed by atoms with Crippen LogP contribution in [0.15, 0.2) is 24.3 Å². The highest BCUT2D eigenvalue weighted by Crippen LogP contribution is 2.32. The zero-order chi connectivity index (χ0) is 16.4. The lowest BCUT2D eigenvalue weighted by molar-refractivity contribution is -0.384. The van der Waals surface area contributed by atoms with Gasteiger partial charge in [-0.3, -0.25) is 19.7 Å². The Hall–Kier alpha value is -2.44. The van der Waals surface area contributed by atoms with Gasteiger partial charge in [0.25, 0.3) is 5.69 Å². The molecular weight excluding hydrogens is 300 g/mol. The number of nitro groups is 1. The van der Waals surface area contributed by atoms with Crippen LogP contribution in [0.2, 0.25) is 0 Å². The third-order valence-corrected chi connectivity index (χ3v) is 4.20. The van der Waals surface area contributed by atoms with Crippen LogP contribution in [0.4, 0.5) is 5.69 Å². The zero-order valence-corrected chi connectivity index (χ0v) is 12.6. The fraction of sp³-hybridized carbons (Fsp3) is 0.500. The van der Waals surface area contributed by atoms with Crippen molar-refractivity contribution in [3.63, 3.8) is 0 Å². The maximum absolute atomic E-state index is 11.8. The number of amides is 1. The van der Waals surface area contributed by atoms with Crippen molar-refractivity contribution >= 4 is 17.6 Å². The van der Waals surface area contributed by atoms with Crippen molar-refractivity contribution in [2.45, 2.75) is 31.7 Å². The summed E-state index contributed by atoms with van der Waals surface area (Å²) >= 11 is 0. The molecule has 1 amide bonds. The van der Waals surface area contributed by atoms with Crippen LogP contribution in [0.3, 0.4) is 0 Å². The molecule has 2 fully saturated rings. The maximum Gasteiger partial charge on any atom is 0.310 e. The molecule has 7 nitrogen and oxygen atoms in total. The minimum atomic E-state index is -0.481. The molecule has 1 aromatic rings. The number of carbonyl (C=O) groups is 2. The molecular formula is C16H18N2O5. The van der Waals surface area contributed by atoms with Crippen LogP contribution in [0.1, 0.15) is 24.8 Å². The fourth-order valence-corrected chi connectivity index (χ4v) is 2.82. The van der Waals surface area contributed by atoms with E-state index in [4.69, 9.17) is 4.74 Å². The van der Waals surface area contributed by atoms with Gasteiger partial charge in [-0.2, -0.15) is 0 Å². The molecule has 2 aliphatic rings. The number of rotatable bonds is 6. The molecule has 1 atom stereocenters. The molecule has 1 unspecified atom stereocenters. The predicted octanol–water partition coefficient (Wildman–Crippen LogP) is 1.69. The molecule has 23 heavy (non-hydrogen) atoms. The molecule has 1 aliphatic heterocycles. The molecule has 1 heterocycles. The van der Waals surface area contributed by atoms with E-state index in [2.05, 4.69) is 0 Å². The third kappa shape index (κ3) is 3.85. The summed E-state index contributed by atoms with van der Waals surface area (Å²) in [6, 6.07) is 6.24. The van der Waals surface area contributed by atoms with E-state index in [0.717, 1.165) is 12.8 Å². The second-order valence-corrected chi connectivity index (χ2v) is 6.13. The van der Waals surface area contributed by atoms with Crippen LogP contribution in [-0.2, 0) is 20.7 Å². The Bertz CT molecular complexity index is 624. The molecule has 0 N–H and O–H groups in total. The zero-order valence-electron chi connectivity index (χ0n) is 12.6. The number of esters is 1. The quantitative estimate of drug-likeness (QED) is 0.452. The molecule has 1 saturated carbocycles. The van der Waals surface area contributed by atoms with Gasteiger partial charge in [-0.15, -0.1) is 0 Å². The largest absolute Gasteiger partial charge is 0.465 e. The molecule has 7 heteroatoms. The smallest absolute Gasteiger partial charge is 0.310 e. The highest BCUT2D eigenvalue weighted by atomic mass is 16.6. The molecule has 1 saturated heterocycles. The molecule has 0 bridgehead atoms. The Labute approximate surface area is 133 Å². The highest BCUT2D eigenvalue weighted by molar-refractivity contribution is 5.79. The van der Waals surface area contributed by atoms with Gasteiger partial charge in [0.2, 0.25) is 5.91 Å². The van der Waals surface area contributed by atoms with Crippen LogP contribution in [0.5, 0.6) is 0 Å². The lowest BCUT2D eigenvalue weighted by Gasteiger charge is -2.15. The van der Waals surface area contributed by atoms with Crippen molar-refractivity contribution in [3.05, 3.63) is 39.9 Å². The summed E-state index contributed by atoms with van der Waals surface area (Å²) < 4.78 is 5.25. The molecule has 3 rings (SSSR count). The van der Waals surface area contributed by atoms with Gasteiger partial charge < -0.3 is 9.64 Å². The molecule has 0 radical (unpaired) electrons. The number of hydrogen-bond acceptors (Lipinski definition) is 5. The van der Waals surface area contributed by atoms with Crippen molar-refractivity contribution < 1.29 is 19.2 Å². The predicted molar refractivity (Wildman–Crippen MR) is 80.6 cm³/mol. The van der Waals surface area contributed by atoms with Gasteiger partial charge >= 0.3 is 5.97 Å². The Morgan fingerprint density at radius 2 is 2.00 bits per heavy atom. The summed E-state index contributed by atoms with van der Waals surface area (Å²) in [4.78, 5) is 35.6. The van der Waals surface area contributed by atoms with Gasteiger partial charge in [0.15, 0.2) is 0 Å². The number of non-ortho nitro benzene ring substituents is 1. The van der Waals surface area contributed by atoms with Gasteiger partial charge in [0.05, 0.1) is 18.0 Å². The lowest BCUT2D eigenvalue weighted by Crippen LogP contribution is -2.28. The third-order valence-electron chi connectivity index (χ3n) is 4.20. The minimum absolute atomic E-state index is 0.00764. The molecule has 0 aromatic heterocycles. The van der Waals surface area contributed by atoms with E-state index in [1.807, 2.05) is 4.90 Å². The van der Waals surface area contributed by atoms with Crippen LogP contribution in [0, 0.1) is 16.0 Å². The van der Waals surface area contributed by atoms with Gasteiger partial charge in [-0.1, -0.05) is 12.1 Å². The molecule has 122 valence electrons. The van der Waals surface area contributed by atoms with E-state index < -0.39 is 4.92 Å². The van der Waals surface area contributed by atoms with E-state index in [9.17, 15) is 19.7 Å². The molecule has 1 aliphatic carbocycles. The average molecular weight is 318 g/mol. The van der Waals surface area contributed by atoms with E-state index >= 15 is 0 Å². The van der Waals surface area contributed by atoms with Gasteiger partial charge in [0, 0.05) is 37.1 Å². The Balaban J connectivity index is 1.44.